The molecule has 0 saturated carbocycles. The van der Waals surface area contributed by atoms with Crippen molar-refractivity contribution in [2.24, 2.45) is 0 Å². The third-order valence-corrected chi connectivity index (χ3v) is 6.27. The van der Waals surface area contributed by atoms with Crippen LogP contribution in [0.2, 0.25) is 0 Å². The molecule has 2 aliphatic heterocycles. The standard InChI is InChI=1S/C25H22N4O2/c1-3-14-28-21-13-12-16(31-2)15-18(21)25(24(28)30)27-19-9-5-4-8-17(19)23-26-20-10-6-7-11-22(20)29(23)25/h4-13,15,27H,3,14H2,1-2H3. The summed E-state index contributed by atoms with van der Waals surface area (Å²) in [6.45, 7) is 2.73. The summed E-state index contributed by atoms with van der Waals surface area (Å²) in [5.74, 6) is 1.50. The number of carbonyl (C=O) groups is 1. The number of imidazole rings is 1. The number of nitrogens with one attached hydrogen (secondary N) is 1. The number of rotatable bonds is 3. The second-order valence-electron chi connectivity index (χ2n) is 7.98. The molecule has 6 rings (SSSR count). The fraction of sp³-hybridized carbons (Fsp3) is 0.200. The zero-order valence-corrected chi connectivity index (χ0v) is 17.4. The number of hydrogen-bond donors (Lipinski definition) is 1. The molecule has 1 amide bonds. The maximum absolute atomic E-state index is 14.2. The summed E-state index contributed by atoms with van der Waals surface area (Å²) in [5, 5.41) is 3.63. The van der Waals surface area contributed by atoms with Gasteiger partial charge in [0.2, 0.25) is 5.66 Å². The number of hydrogen-bond acceptors (Lipinski definition) is 4. The van der Waals surface area contributed by atoms with E-state index in [4.69, 9.17) is 9.72 Å². The molecular weight excluding hydrogens is 388 g/mol. The van der Waals surface area contributed by atoms with E-state index in [2.05, 4.69) is 16.8 Å². The predicted octanol–water partition coefficient (Wildman–Crippen LogP) is 4.60. The minimum absolute atomic E-state index is 0.00323. The largest absolute Gasteiger partial charge is 0.497 e. The van der Waals surface area contributed by atoms with Crippen LogP contribution in [0.15, 0.2) is 66.7 Å². The number of nitrogens with zero attached hydrogens (tertiary/aromatic N) is 3. The number of carbonyl (C=O) groups excluding carboxylic acids is 1. The van der Waals surface area contributed by atoms with Gasteiger partial charge in [-0.1, -0.05) is 31.2 Å². The Bertz CT molecular complexity index is 1360. The van der Waals surface area contributed by atoms with Gasteiger partial charge in [0, 0.05) is 23.4 Å². The number of para-hydroxylation sites is 3. The zero-order valence-electron chi connectivity index (χ0n) is 17.4. The highest BCUT2D eigenvalue weighted by Gasteiger charge is 2.56. The second-order valence-corrected chi connectivity index (χ2v) is 7.98. The molecule has 154 valence electrons. The summed E-state index contributed by atoms with van der Waals surface area (Å²) in [7, 11) is 1.65. The summed E-state index contributed by atoms with van der Waals surface area (Å²) in [4.78, 5) is 21.1. The number of benzene rings is 3. The summed E-state index contributed by atoms with van der Waals surface area (Å²) < 4.78 is 7.62. The fourth-order valence-corrected chi connectivity index (χ4v) is 4.95. The average Bonchev–Trinajstić information content (AvgIpc) is 3.30. The van der Waals surface area contributed by atoms with E-state index in [-0.39, 0.29) is 5.91 Å². The van der Waals surface area contributed by atoms with Crippen LogP contribution >= 0.6 is 0 Å². The Morgan fingerprint density at radius 1 is 1.06 bits per heavy atom. The van der Waals surface area contributed by atoms with Crippen molar-refractivity contribution in [3.8, 4) is 17.1 Å². The van der Waals surface area contributed by atoms with E-state index >= 15 is 0 Å². The van der Waals surface area contributed by atoms with Gasteiger partial charge in [0.25, 0.3) is 5.91 Å². The summed E-state index contributed by atoms with van der Waals surface area (Å²) >= 11 is 0. The van der Waals surface area contributed by atoms with Crippen molar-refractivity contribution in [3.05, 3.63) is 72.3 Å². The van der Waals surface area contributed by atoms with Crippen LogP contribution in [-0.4, -0.2) is 29.1 Å². The van der Waals surface area contributed by atoms with Gasteiger partial charge < -0.3 is 15.0 Å². The molecule has 3 heterocycles. The van der Waals surface area contributed by atoms with Crippen molar-refractivity contribution >= 4 is 28.3 Å². The molecule has 0 bridgehead atoms. The van der Waals surface area contributed by atoms with Crippen LogP contribution in [0.1, 0.15) is 18.9 Å². The van der Waals surface area contributed by atoms with Crippen molar-refractivity contribution in [3.63, 3.8) is 0 Å². The van der Waals surface area contributed by atoms with E-state index in [0.29, 0.717) is 6.54 Å². The van der Waals surface area contributed by atoms with Gasteiger partial charge in [-0.05, 0) is 48.9 Å². The molecule has 0 aliphatic carbocycles. The van der Waals surface area contributed by atoms with Crippen LogP contribution < -0.4 is 15.0 Å². The summed E-state index contributed by atoms with van der Waals surface area (Å²) in [5.41, 5.74) is 4.31. The molecule has 2 aliphatic rings. The molecule has 6 nitrogen and oxygen atoms in total. The van der Waals surface area contributed by atoms with Crippen LogP contribution in [0.3, 0.4) is 0 Å². The molecule has 1 unspecified atom stereocenters. The molecule has 1 aromatic heterocycles. The van der Waals surface area contributed by atoms with Gasteiger partial charge in [0.05, 0.1) is 23.8 Å². The van der Waals surface area contributed by atoms with Gasteiger partial charge in [-0.25, -0.2) is 4.98 Å². The lowest BCUT2D eigenvalue weighted by Gasteiger charge is -2.38. The Balaban J connectivity index is 1.75. The molecule has 31 heavy (non-hydrogen) atoms. The molecule has 6 heteroatoms. The van der Waals surface area contributed by atoms with E-state index in [1.54, 1.807) is 7.11 Å². The van der Waals surface area contributed by atoms with Crippen LogP contribution in [0.4, 0.5) is 11.4 Å². The van der Waals surface area contributed by atoms with Crippen molar-refractivity contribution in [2.75, 3.05) is 23.9 Å². The van der Waals surface area contributed by atoms with Gasteiger partial charge in [-0.15, -0.1) is 0 Å². The normalized spacial score (nSPS) is 18.6. The number of anilines is 2. The first kappa shape index (κ1) is 18.0. The Kier molecular flexibility index (Phi) is 3.69. The van der Waals surface area contributed by atoms with Crippen molar-refractivity contribution in [1.82, 2.24) is 9.55 Å². The van der Waals surface area contributed by atoms with Crippen LogP contribution in [0, 0.1) is 0 Å². The van der Waals surface area contributed by atoms with Crippen LogP contribution in [0.25, 0.3) is 22.4 Å². The number of amides is 1. The quantitative estimate of drug-likeness (QED) is 0.536. The first-order valence-electron chi connectivity index (χ1n) is 10.5. The topological polar surface area (TPSA) is 59.4 Å². The van der Waals surface area contributed by atoms with Crippen molar-refractivity contribution < 1.29 is 9.53 Å². The minimum atomic E-state index is -1.13. The van der Waals surface area contributed by atoms with E-state index in [1.807, 2.05) is 71.6 Å². The molecule has 4 aromatic rings. The van der Waals surface area contributed by atoms with Gasteiger partial charge in [-0.3, -0.25) is 9.36 Å². The fourth-order valence-electron chi connectivity index (χ4n) is 4.95. The number of ether oxygens (including phenoxy) is 1. The van der Waals surface area contributed by atoms with Gasteiger partial charge in [-0.2, -0.15) is 0 Å². The van der Waals surface area contributed by atoms with Crippen LogP contribution in [0.5, 0.6) is 5.75 Å². The van der Waals surface area contributed by atoms with Gasteiger partial charge in [0.15, 0.2) is 0 Å². The van der Waals surface area contributed by atoms with Crippen LogP contribution in [-0.2, 0) is 10.5 Å². The number of methoxy groups -OCH3 is 1. The summed E-state index contributed by atoms with van der Waals surface area (Å²) in [6, 6.07) is 21.9. The molecule has 0 fully saturated rings. The monoisotopic (exact) mass is 410 g/mol. The van der Waals surface area contributed by atoms with E-state index < -0.39 is 5.66 Å². The van der Waals surface area contributed by atoms with E-state index in [1.165, 1.54) is 0 Å². The molecule has 0 saturated heterocycles. The Morgan fingerprint density at radius 3 is 2.71 bits per heavy atom. The highest BCUT2D eigenvalue weighted by atomic mass is 16.5. The molecule has 1 atom stereocenters. The number of fused-ring (bicyclic) bond motifs is 8. The predicted molar refractivity (Wildman–Crippen MR) is 122 cm³/mol. The first-order valence-corrected chi connectivity index (χ1v) is 10.5. The van der Waals surface area contributed by atoms with Gasteiger partial charge >= 0.3 is 0 Å². The van der Waals surface area contributed by atoms with Crippen molar-refractivity contribution in [1.29, 1.82) is 0 Å². The van der Waals surface area contributed by atoms with E-state index in [9.17, 15) is 4.79 Å². The first-order chi connectivity index (χ1) is 15.2. The lowest BCUT2D eigenvalue weighted by molar-refractivity contribution is -0.123. The highest BCUT2D eigenvalue weighted by molar-refractivity contribution is 6.12. The molecule has 0 radical (unpaired) electrons. The van der Waals surface area contributed by atoms with E-state index in [0.717, 1.165) is 51.5 Å². The third-order valence-electron chi connectivity index (χ3n) is 6.27. The lowest BCUT2D eigenvalue weighted by atomic mass is 9.95. The highest BCUT2D eigenvalue weighted by Crippen LogP contribution is 2.51. The molecule has 3 aromatic carbocycles. The summed E-state index contributed by atoms with van der Waals surface area (Å²) in [6.07, 6.45) is 0.863. The second kappa shape index (κ2) is 6.35. The zero-order chi connectivity index (χ0) is 21.2. The van der Waals surface area contributed by atoms with Crippen molar-refractivity contribution in [2.45, 2.75) is 19.0 Å². The number of aromatic nitrogens is 2. The maximum atomic E-state index is 14.2. The molecule has 1 spiro atoms. The molecule has 1 N–H and O–H groups in total. The Morgan fingerprint density at radius 2 is 1.87 bits per heavy atom. The Labute approximate surface area is 180 Å². The SMILES string of the molecule is CCCN1C(=O)C2(Nc3ccccc3-c3nc4ccccc4n32)c2cc(OC)ccc21. The average molecular weight is 410 g/mol. The van der Waals surface area contributed by atoms with Gasteiger partial charge in [0.1, 0.15) is 11.6 Å². The lowest BCUT2D eigenvalue weighted by Crippen LogP contribution is -2.53. The minimum Gasteiger partial charge on any atom is -0.497 e. The smallest absolute Gasteiger partial charge is 0.279 e. The molecular formula is C25H22N4O2. The third kappa shape index (κ3) is 2.22. The Hall–Kier alpha value is -3.80. The maximum Gasteiger partial charge on any atom is 0.279 e.